The van der Waals surface area contributed by atoms with Crippen molar-refractivity contribution in [2.24, 2.45) is 0 Å². The van der Waals surface area contributed by atoms with Crippen LogP contribution in [-0.4, -0.2) is 10.9 Å². The molecule has 0 bridgehead atoms. The number of aromatic nitrogens is 1. The van der Waals surface area contributed by atoms with Gasteiger partial charge in [0.1, 0.15) is 5.82 Å². The van der Waals surface area contributed by atoms with Gasteiger partial charge in [-0.1, -0.05) is 36.2 Å². The normalized spacial score (nSPS) is 10.2. The summed E-state index contributed by atoms with van der Waals surface area (Å²) in [4.78, 5) is 15.4. The molecule has 2 N–H and O–H groups in total. The Hall–Kier alpha value is -1.78. The Morgan fingerprint density at radius 1 is 1.20 bits per heavy atom. The number of nitrogens with zero attached hydrogens (tertiary/aromatic N) is 1. The molecule has 0 aliphatic rings. The summed E-state index contributed by atoms with van der Waals surface area (Å²) in [7, 11) is 0. The summed E-state index contributed by atoms with van der Waals surface area (Å²) in [6, 6.07) is 8.77. The SMILES string of the molecule is CCC(=O)Nc1ccc(Nc2c(Cl)cccc2Cl)cn1. The molecule has 2 rings (SSSR count). The Balaban J connectivity index is 2.13. The molecule has 0 saturated carbocycles. The van der Waals surface area contributed by atoms with E-state index in [0.29, 0.717) is 28.0 Å². The number of para-hydroxylation sites is 1. The van der Waals surface area contributed by atoms with E-state index in [2.05, 4.69) is 15.6 Å². The summed E-state index contributed by atoms with van der Waals surface area (Å²) < 4.78 is 0. The molecule has 0 atom stereocenters. The molecule has 1 aromatic heterocycles. The summed E-state index contributed by atoms with van der Waals surface area (Å²) in [5.74, 6) is 0.431. The van der Waals surface area contributed by atoms with E-state index in [0.717, 1.165) is 5.69 Å². The average molecular weight is 310 g/mol. The maximum atomic E-state index is 11.2. The summed E-state index contributed by atoms with van der Waals surface area (Å²) in [6.07, 6.45) is 2.02. The maximum absolute atomic E-state index is 11.2. The highest BCUT2D eigenvalue weighted by Gasteiger charge is 2.06. The molecule has 20 heavy (non-hydrogen) atoms. The maximum Gasteiger partial charge on any atom is 0.225 e. The third-order valence-corrected chi connectivity index (χ3v) is 3.21. The minimum absolute atomic E-state index is 0.0765. The van der Waals surface area contributed by atoms with Crippen LogP contribution >= 0.6 is 23.2 Å². The van der Waals surface area contributed by atoms with Crippen LogP contribution in [0.25, 0.3) is 0 Å². The first kappa shape index (κ1) is 14.6. The van der Waals surface area contributed by atoms with Crippen LogP contribution < -0.4 is 10.6 Å². The van der Waals surface area contributed by atoms with E-state index in [1.54, 1.807) is 43.5 Å². The number of amides is 1. The average Bonchev–Trinajstić information content (AvgIpc) is 2.44. The largest absolute Gasteiger partial charge is 0.352 e. The number of hydrogen-bond donors (Lipinski definition) is 2. The number of rotatable bonds is 4. The van der Waals surface area contributed by atoms with Gasteiger partial charge in [-0.25, -0.2) is 4.98 Å². The number of halogens is 2. The fourth-order valence-electron chi connectivity index (χ4n) is 1.53. The third kappa shape index (κ3) is 3.62. The Bertz CT molecular complexity index is 594. The molecule has 4 nitrogen and oxygen atoms in total. The summed E-state index contributed by atoms with van der Waals surface area (Å²) in [5, 5.41) is 6.83. The molecule has 1 heterocycles. The lowest BCUT2D eigenvalue weighted by Gasteiger charge is -2.10. The molecular weight excluding hydrogens is 297 g/mol. The third-order valence-electron chi connectivity index (χ3n) is 2.58. The predicted octanol–water partition coefficient (Wildman–Crippen LogP) is 4.48. The van der Waals surface area contributed by atoms with Gasteiger partial charge in [-0.2, -0.15) is 0 Å². The van der Waals surface area contributed by atoms with Crippen LogP contribution in [0.5, 0.6) is 0 Å². The van der Waals surface area contributed by atoms with E-state index < -0.39 is 0 Å². The van der Waals surface area contributed by atoms with Crippen molar-refractivity contribution >= 4 is 46.3 Å². The van der Waals surface area contributed by atoms with Crippen molar-refractivity contribution in [2.45, 2.75) is 13.3 Å². The van der Waals surface area contributed by atoms with Crippen molar-refractivity contribution in [3.8, 4) is 0 Å². The van der Waals surface area contributed by atoms with Crippen molar-refractivity contribution in [3.05, 3.63) is 46.6 Å². The molecule has 1 aromatic carbocycles. The predicted molar refractivity (Wildman–Crippen MR) is 82.9 cm³/mol. The fourth-order valence-corrected chi connectivity index (χ4v) is 2.03. The summed E-state index contributed by atoms with van der Waals surface area (Å²) >= 11 is 12.1. The minimum atomic E-state index is -0.0765. The second-order valence-electron chi connectivity index (χ2n) is 4.06. The number of nitrogens with one attached hydrogen (secondary N) is 2. The molecule has 0 unspecified atom stereocenters. The number of carbonyl (C=O) groups is 1. The summed E-state index contributed by atoms with van der Waals surface area (Å²) in [5.41, 5.74) is 1.36. The van der Waals surface area contributed by atoms with Crippen LogP contribution in [0.3, 0.4) is 0 Å². The van der Waals surface area contributed by atoms with Crippen LogP contribution in [0.1, 0.15) is 13.3 Å². The van der Waals surface area contributed by atoms with E-state index >= 15 is 0 Å². The Labute approximate surface area is 127 Å². The van der Waals surface area contributed by atoms with Gasteiger partial charge < -0.3 is 10.6 Å². The highest BCUT2D eigenvalue weighted by atomic mass is 35.5. The Kier molecular flexibility index (Phi) is 4.82. The fraction of sp³-hybridized carbons (Fsp3) is 0.143. The second kappa shape index (κ2) is 6.59. The topological polar surface area (TPSA) is 54.0 Å². The summed E-state index contributed by atoms with van der Waals surface area (Å²) in [6.45, 7) is 1.78. The van der Waals surface area contributed by atoms with E-state index in [9.17, 15) is 4.79 Å². The van der Waals surface area contributed by atoms with E-state index in [1.165, 1.54) is 0 Å². The van der Waals surface area contributed by atoms with Gasteiger partial charge in [-0.15, -0.1) is 0 Å². The molecule has 0 fully saturated rings. The van der Waals surface area contributed by atoms with Gasteiger partial charge in [0.05, 0.1) is 27.6 Å². The molecule has 2 aromatic rings. The monoisotopic (exact) mass is 309 g/mol. The first-order chi connectivity index (χ1) is 9.60. The van der Waals surface area contributed by atoms with Crippen LogP contribution in [0.15, 0.2) is 36.5 Å². The zero-order valence-corrected chi connectivity index (χ0v) is 12.3. The van der Waals surface area contributed by atoms with Crippen LogP contribution in [0.4, 0.5) is 17.2 Å². The van der Waals surface area contributed by atoms with Crippen molar-refractivity contribution in [2.75, 3.05) is 10.6 Å². The van der Waals surface area contributed by atoms with Crippen molar-refractivity contribution < 1.29 is 4.79 Å². The number of benzene rings is 1. The molecule has 104 valence electrons. The van der Waals surface area contributed by atoms with Gasteiger partial charge in [-0.3, -0.25) is 4.79 Å². The molecule has 0 radical (unpaired) electrons. The van der Waals surface area contributed by atoms with Gasteiger partial charge >= 0.3 is 0 Å². The Morgan fingerprint density at radius 3 is 2.45 bits per heavy atom. The smallest absolute Gasteiger partial charge is 0.225 e. The number of pyridine rings is 1. The standard InChI is InChI=1S/C14H13Cl2N3O/c1-2-13(20)19-12-7-6-9(8-17-12)18-14-10(15)4-3-5-11(14)16/h3-8,18H,2H2,1H3,(H,17,19,20). The molecule has 0 saturated heterocycles. The quantitative estimate of drug-likeness (QED) is 0.875. The van der Waals surface area contributed by atoms with Crippen LogP contribution in [0, 0.1) is 0 Å². The molecule has 1 amide bonds. The lowest BCUT2D eigenvalue weighted by molar-refractivity contribution is -0.115. The zero-order valence-electron chi connectivity index (χ0n) is 10.8. The van der Waals surface area contributed by atoms with Crippen molar-refractivity contribution in [1.29, 1.82) is 0 Å². The van der Waals surface area contributed by atoms with E-state index in [-0.39, 0.29) is 5.91 Å². The van der Waals surface area contributed by atoms with Gasteiger partial charge in [0.25, 0.3) is 0 Å². The molecule has 0 aliphatic heterocycles. The number of anilines is 3. The first-order valence-electron chi connectivity index (χ1n) is 6.07. The lowest BCUT2D eigenvalue weighted by atomic mass is 10.3. The number of hydrogen-bond acceptors (Lipinski definition) is 3. The first-order valence-corrected chi connectivity index (χ1v) is 6.82. The number of carbonyl (C=O) groups excluding carboxylic acids is 1. The zero-order chi connectivity index (χ0) is 14.5. The second-order valence-corrected chi connectivity index (χ2v) is 4.87. The highest BCUT2D eigenvalue weighted by Crippen LogP contribution is 2.32. The molecule has 0 aliphatic carbocycles. The van der Waals surface area contributed by atoms with E-state index in [4.69, 9.17) is 23.2 Å². The molecular formula is C14H13Cl2N3O. The van der Waals surface area contributed by atoms with Gasteiger partial charge in [0, 0.05) is 6.42 Å². The van der Waals surface area contributed by atoms with Crippen molar-refractivity contribution in [3.63, 3.8) is 0 Å². The van der Waals surface area contributed by atoms with Crippen LogP contribution in [-0.2, 0) is 4.79 Å². The highest BCUT2D eigenvalue weighted by molar-refractivity contribution is 6.39. The van der Waals surface area contributed by atoms with E-state index in [1.807, 2.05) is 0 Å². The minimum Gasteiger partial charge on any atom is -0.352 e. The Morgan fingerprint density at radius 2 is 1.90 bits per heavy atom. The van der Waals surface area contributed by atoms with Crippen molar-refractivity contribution in [1.82, 2.24) is 4.98 Å². The van der Waals surface area contributed by atoms with Gasteiger partial charge in [0.15, 0.2) is 0 Å². The lowest BCUT2D eigenvalue weighted by Crippen LogP contribution is -2.10. The molecule has 6 heteroatoms. The molecule has 0 spiro atoms. The van der Waals surface area contributed by atoms with Gasteiger partial charge in [0.2, 0.25) is 5.91 Å². The van der Waals surface area contributed by atoms with Gasteiger partial charge in [-0.05, 0) is 24.3 Å². The van der Waals surface area contributed by atoms with Crippen LogP contribution in [0.2, 0.25) is 10.0 Å².